The Morgan fingerprint density at radius 2 is 2.00 bits per heavy atom. The Morgan fingerprint density at radius 3 is 2.72 bits per heavy atom. The van der Waals surface area contributed by atoms with E-state index in [0.717, 1.165) is 43.0 Å². The summed E-state index contributed by atoms with van der Waals surface area (Å²) in [7, 11) is 0. The summed E-state index contributed by atoms with van der Waals surface area (Å²) in [6.07, 6.45) is 11.4. The lowest BCUT2D eigenvalue weighted by Gasteiger charge is -2.41. The molecule has 0 saturated heterocycles. The van der Waals surface area contributed by atoms with Gasteiger partial charge in [0.05, 0.1) is 11.6 Å². The second kappa shape index (κ2) is 6.18. The molecule has 1 N–H and O–H groups in total. The van der Waals surface area contributed by atoms with E-state index < -0.39 is 11.6 Å². The van der Waals surface area contributed by atoms with Crippen molar-refractivity contribution in [3.8, 4) is 12.3 Å². The summed E-state index contributed by atoms with van der Waals surface area (Å²) >= 11 is 0. The summed E-state index contributed by atoms with van der Waals surface area (Å²) in [6, 6.07) is 2.09. The SMILES string of the molecule is C#CC(=O)N1CCc2c([nH]c3c(F)cc(F)cc23)C1C1CCCCC1. The van der Waals surface area contributed by atoms with Crippen molar-refractivity contribution in [2.24, 2.45) is 5.92 Å². The van der Waals surface area contributed by atoms with Crippen molar-refractivity contribution in [3.05, 3.63) is 35.0 Å². The number of halogens is 2. The van der Waals surface area contributed by atoms with E-state index in [9.17, 15) is 13.6 Å². The van der Waals surface area contributed by atoms with E-state index >= 15 is 0 Å². The van der Waals surface area contributed by atoms with Crippen molar-refractivity contribution in [2.45, 2.75) is 44.6 Å². The minimum atomic E-state index is -0.596. The Morgan fingerprint density at radius 1 is 1.24 bits per heavy atom. The average Bonchev–Trinajstić information content (AvgIpc) is 3.00. The van der Waals surface area contributed by atoms with Crippen LogP contribution in [0.4, 0.5) is 8.78 Å². The van der Waals surface area contributed by atoms with Gasteiger partial charge >= 0.3 is 0 Å². The molecule has 1 saturated carbocycles. The molecular formula is C20H20F2N2O. The van der Waals surface area contributed by atoms with Gasteiger partial charge in [-0.25, -0.2) is 8.78 Å². The minimum absolute atomic E-state index is 0.178. The van der Waals surface area contributed by atoms with Gasteiger partial charge < -0.3 is 9.88 Å². The number of amides is 1. The molecule has 3 nitrogen and oxygen atoms in total. The standard InChI is InChI=1S/C20H20F2N2O/c1-2-17(25)24-9-8-14-15-10-13(21)11-16(22)18(15)23-19(14)20(24)12-6-4-3-5-7-12/h1,10-12,20,23H,3-9H2. The molecular weight excluding hydrogens is 322 g/mol. The van der Waals surface area contributed by atoms with Crippen molar-refractivity contribution >= 4 is 16.8 Å². The molecule has 5 heteroatoms. The maximum absolute atomic E-state index is 14.2. The van der Waals surface area contributed by atoms with E-state index in [-0.39, 0.29) is 11.9 Å². The lowest BCUT2D eigenvalue weighted by molar-refractivity contribution is -0.129. The second-order valence-electron chi connectivity index (χ2n) is 7.06. The summed E-state index contributed by atoms with van der Waals surface area (Å²) in [6.45, 7) is 0.488. The van der Waals surface area contributed by atoms with Crippen LogP contribution in [0.25, 0.3) is 10.9 Å². The monoisotopic (exact) mass is 342 g/mol. The maximum atomic E-state index is 14.2. The first-order chi connectivity index (χ1) is 12.1. The van der Waals surface area contributed by atoms with Gasteiger partial charge in [0.2, 0.25) is 0 Å². The fourth-order valence-electron chi connectivity index (χ4n) is 4.59. The molecule has 4 rings (SSSR count). The number of rotatable bonds is 1. The molecule has 1 atom stereocenters. The van der Waals surface area contributed by atoms with E-state index in [2.05, 4.69) is 10.9 Å². The molecule has 0 spiro atoms. The van der Waals surface area contributed by atoms with Crippen LogP contribution in [-0.2, 0) is 11.2 Å². The van der Waals surface area contributed by atoms with Crippen molar-refractivity contribution in [1.82, 2.24) is 9.88 Å². The molecule has 2 aromatic rings. The molecule has 1 fully saturated rings. The molecule has 1 amide bonds. The van der Waals surface area contributed by atoms with E-state index in [0.29, 0.717) is 29.8 Å². The molecule has 1 aromatic heterocycles. The van der Waals surface area contributed by atoms with E-state index in [4.69, 9.17) is 6.42 Å². The minimum Gasteiger partial charge on any atom is -0.354 e. The molecule has 1 aliphatic heterocycles. The van der Waals surface area contributed by atoms with Gasteiger partial charge in [0.25, 0.3) is 5.91 Å². The zero-order valence-electron chi connectivity index (χ0n) is 13.9. The van der Waals surface area contributed by atoms with Gasteiger partial charge in [0, 0.05) is 23.7 Å². The number of nitrogens with zero attached hydrogens (tertiary/aromatic N) is 1. The number of H-pyrrole nitrogens is 1. The van der Waals surface area contributed by atoms with Gasteiger partial charge in [0.1, 0.15) is 11.6 Å². The van der Waals surface area contributed by atoms with Crippen LogP contribution in [0.2, 0.25) is 0 Å². The predicted molar refractivity (Wildman–Crippen MR) is 91.8 cm³/mol. The third kappa shape index (κ3) is 2.60. The summed E-state index contributed by atoms with van der Waals surface area (Å²) in [5, 5.41) is 0.584. The smallest absolute Gasteiger partial charge is 0.298 e. The van der Waals surface area contributed by atoms with Crippen molar-refractivity contribution in [3.63, 3.8) is 0 Å². The van der Waals surface area contributed by atoms with E-state index in [1.54, 1.807) is 4.90 Å². The normalized spacial score (nSPS) is 21.2. The highest BCUT2D eigenvalue weighted by atomic mass is 19.1. The van der Waals surface area contributed by atoms with E-state index in [1.807, 2.05) is 0 Å². The van der Waals surface area contributed by atoms with Crippen LogP contribution in [0.5, 0.6) is 0 Å². The first-order valence-electron chi connectivity index (χ1n) is 8.87. The number of hydrogen-bond donors (Lipinski definition) is 1. The highest BCUT2D eigenvalue weighted by molar-refractivity contribution is 5.94. The van der Waals surface area contributed by atoms with Gasteiger partial charge in [-0.1, -0.05) is 19.3 Å². The lowest BCUT2D eigenvalue weighted by atomic mass is 9.79. The fourth-order valence-corrected chi connectivity index (χ4v) is 4.59. The molecule has 1 aromatic carbocycles. The Kier molecular flexibility index (Phi) is 3.99. The maximum Gasteiger partial charge on any atom is 0.298 e. The molecule has 2 aliphatic rings. The highest BCUT2D eigenvalue weighted by Crippen LogP contribution is 2.44. The Labute approximate surface area is 145 Å². The van der Waals surface area contributed by atoms with Crippen LogP contribution in [0.15, 0.2) is 12.1 Å². The number of fused-ring (bicyclic) bond motifs is 3. The van der Waals surface area contributed by atoms with Gasteiger partial charge in [0.15, 0.2) is 0 Å². The summed E-state index contributed by atoms with van der Waals surface area (Å²) in [5.41, 5.74) is 2.08. The summed E-state index contributed by atoms with van der Waals surface area (Å²) in [4.78, 5) is 17.2. The van der Waals surface area contributed by atoms with Crippen molar-refractivity contribution in [1.29, 1.82) is 0 Å². The predicted octanol–water partition coefficient (Wildman–Crippen LogP) is 4.09. The Hall–Kier alpha value is -2.35. The Bertz CT molecular complexity index is 874. The van der Waals surface area contributed by atoms with Crippen molar-refractivity contribution < 1.29 is 13.6 Å². The average molecular weight is 342 g/mol. The number of nitrogens with one attached hydrogen (secondary N) is 1. The largest absolute Gasteiger partial charge is 0.354 e. The molecule has 1 aliphatic carbocycles. The number of hydrogen-bond acceptors (Lipinski definition) is 1. The zero-order chi connectivity index (χ0) is 17.6. The van der Waals surface area contributed by atoms with Crippen LogP contribution in [-0.4, -0.2) is 22.3 Å². The first-order valence-corrected chi connectivity index (χ1v) is 8.87. The Balaban J connectivity index is 1.87. The first kappa shape index (κ1) is 16.1. The van der Waals surface area contributed by atoms with Crippen LogP contribution < -0.4 is 0 Å². The molecule has 1 unspecified atom stereocenters. The number of aromatic nitrogens is 1. The quantitative estimate of drug-likeness (QED) is 0.779. The summed E-state index contributed by atoms with van der Waals surface area (Å²) in [5.74, 6) is 1.02. The number of terminal acetylenes is 1. The molecule has 25 heavy (non-hydrogen) atoms. The third-order valence-electron chi connectivity index (χ3n) is 5.68. The molecule has 0 bridgehead atoms. The van der Waals surface area contributed by atoms with Crippen LogP contribution in [0.1, 0.15) is 49.4 Å². The van der Waals surface area contributed by atoms with Gasteiger partial charge in [-0.2, -0.15) is 0 Å². The zero-order valence-corrected chi connectivity index (χ0v) is 13.9. The topological polar surface area (TPSA) is 36.1 Å². The van der Waals surface area contributed by atoms with Gasteiger partial charge in [-0.15, -0.1) is 6.42 Å². The number of carbonyl (C=O) groups is 1. The molecule has 130 valence electrons. The fraction of sp³-hybridized carbons (Fsp3) is 0.450. The molecule has 0 radical (unpaired) electrons. The van der Waals surface area contributed by atoms with Crippen LogP contribution in [0, 0.1) is 29.9 Å². The second-order valence-corrected chi connectivity index (χ2v) is 7.06. The molecule has 2 heterocycles. The summed E-state index contributed by atoms with van der Waals surface area (Å²) < 4.78 is 28.0. The van der Waals surface area contributed by atoms with Gasteiger partial charge in [-0.3, -0.25) is 4.79 Å². The third-order valence-corrected chi connectivity index (χ3v) is 5.68. The number of benzene rings is 1. The van der Waals surface area contributed by atoms with Crippen LogP contribution in [0.3, 0.4) is 0 Å². The lowest BCUT2D eigenvalue weighted by Crippen LogP contribution is -2.43. The number of aromatic amines is 1. The highest BCUT2D eigenvalue weighted by Gasteiger charge is 2.38. The van der Waals surface area contributed by atoms with Crippen molar-refractivity contribution in [2.75, 3.05) is 6.54 Å². The van der Waals surface area contributed by atoms with Crippen LogP contribution >= 0.6 is 0 Å². The van der Waals surface area contributed by atoms with Gasteiger partial charge in [-0.05, 0) is 42.7 Å². The number of carbonyl (C=O) groups excluding carboxylic acids is 1. The van der Waals surface area contributed by atoms with E-state index in [1.165, 1.54) is 12.5 Å².